The van der Waals surface area contributed by atoms with Gasteiger partial charge in [0, 0.05) is 36.9 Å². The highest BCUT2D eigenvalue weighted by atomic mass is 35.5. The van der Waals surface area contributed by atoms with Crippen molar-refractivity contribution in [3.05, 3.63) is 36.7 Å². The number of fused-ring (bicyclic) bond motifs is 1. The lowest BCUT2D eigenvalue weighted by Gasteiger charge is -2.30. The van der Waals surface area contributed by atoms with E-state index in [1.165, 1.54) is 0 Å². The van der Waals surface area contributed by atoms with Crippen LogP contribution in [-0.2, 0) is 10.0 Å². The molecule has 2 aromatic rings. The van der Waals surface area contributed by atoms with Crippen molar-refractivity contribution in [2.24, 2.45) is 0 Å². The third-order valence-electron chi connectivity index (χ3n) is 4.19. The summed E-state index contributed by atoms with van der Waals surface area (Å²) in [6, 6.07) is 7.11. The number of hydrogen-bond donors (Lipinski definition) is 1. The van der Waals surface area contributed by atoms with E-state index in [-0.39, 0.29) is 30.9 Å². The number of pyridine rings is 1. The molecule has 0 amide bonds. The first-order valence-electron chi connectivity index (χ1n) is 7.65. The molecule has 1 aliphatic heterocycles. The summed E-state index contributed by atoms with van der Waals surface area (Å²) in [6.45, 7) is 4.16. The molecule has 1 unspecified atom stereocenters. The second-order valence-electron chi connectivity index (χ2n) is 5.74. The molecule has 1 aromatic heterocycles. The predicted octanol–water partition coefficient (Wildman–Crippen LogP) is 2.84. The number of hydrogen-bond acceptors (Lipinski definition) is 4. The number of nitrogens with zero attached hydrogens (tertiary/aromatic N) is 2. The molecule has 0 radical (unpaired) electrons. The molecule has 8 heteroatoms. The van der Waals surface area contributed by atoms with Crippen LogP contribution >= 0.6 is 24.8 Å². The Kier molecular flexibility index (Phi) is 7.89. The monoisotopic (exact) mass is 391 g/mol. The summed E-state index contributed by atoms with van der Waals surface area (Å²) in [6.07, 6.45) is 5.30. The van der Waals surface area contributed by atoms with Gasteiger partial charge in [-0.2, -0.15) is 4.31 Å². The van der Waals surface area contributed by atoms with Crippen molar-refractivity contribution in [2.75, 3.05) is 19.6 Å². The van der Waals surface area contributed by atoms with Gasteiger partial charge in [-0.05, 0) is 49.9 Å². The average Bonchev–Trinajstić information content (AvgIpc) is 2.50. The lowest BCUT2D eigenvalue weighted by atomic mass is 10.1. The minimum atomic E-state index is -3.47. The van der Waals surface area contributed by atoms with Crippen molar-refractivity contribution in [1.29, 1.82) is 0 Å². The zero-order valence-electron chi connectivity index (χ0n) is 13.5. The Balaban J connectivity index is 0.00000144. The number of halogens is 2. The molecule has 0 spiro atoms. The van der Waals surface area contributed by atoms with E-state index in [9.17, 15) is 8.42 Å². The van der Waals surface area contributed by atoms with Crippen LogP contribution in [0.3, 0.4) is 0 Å². The summed E-state index contributed by atoms with van der Waals surface area (Å²) in [4.78, 5) is 4.42. The third kappa shape index (κ3) is 4.37. The fourth-order valence-corrected chi connectivity index (χ4v) is 4.61. The van der Waals surface area contributed by atoms with Gasteiger partial charge in [-0.25, -0.2) is 8.42 Å². The number of nitrogens with one attached hydrogen (secondary N) is 1. The minimum absolute atomic E-state index is 0. The fourth-order valence-electron chi connectivity index (χ4n) is 2.92. The van der Waals surface area contributed by atoms with E-state index in [0.717, 1.165) is 30.2 Å². The zero-order chi connectivity index (χ0) is 15.6. The standard InChI is InChI=1S/C16H21N3O2S.2ClH/c1-13-3-2-7-17-9-10-19(13)22(20,21)16-5-4-15-12-18-8-6-14(15)11-16;;/h4-6,8,11-13,17H,2-3,7,9-10H2,1H3;2*1H. The van der Waals surface area contributed by atoms with Gasteiger partial charge >= 0.3 is 0 Å². The van der Waals surface area contributed by atoms with Crippen LogP contribution in [0.5, 0.6) is 0 Å². The van der Waals surface area contributed by atoms with Crippen LogP contribution < -0.4 is 5.32 Å². The molecule has 2 heterocycles. The lowest BCUT2D eigenvalue weighted by Crippen LogP contribution is -2.44. The predicted molar refractivity (Wildman–Crippen MR) is 102 cm³/mol. The van der Waals surface area contributed by atoms with E-state index in [2.05, 4.69) is 10.3 Å². The van der Waals surface area contributed by atoms with E-state index in [1.807, 2.05) is 19.1 Å². The second-order valence-corrected chi connectivity index (χ2v) is 7.63. The molecule has 1 aliphatic rings. The van der Waals surface area contributed by atoms with Gasteiger partial charge in [0.05, 0.1) is 4.90 Å². The third-order valence-corrected chi connectivity index (χ3v) is 6.20. The molecular weight excluding hydrogens is 369 g/mol. The summed E-state index contributed by atoms with van der Waals surface area (Å²) in [5.41, 5.74) is 0. The van der Waals surface area contributed by atoms with Gasteiger partial charge < -0.3 is 5.32 Å². The lowest BCUT2D eigenvalue weighted by molar-refractivity contribution is 0.297. The zero-order valence-corrected chi connectivity index (χ0v) is 16.0. The van der Waals surface area contributed by atoms with Crippen molar-refractivity contribution in [2.45, 2.75) is 30.7 Å². The normalized spacial score (nSPS) is 19.6. The Morgan fingerprint density at radius 2 is 1.96 bits per heavy atom. The smallest absolute Gasteiger partial charge is 0.243 e. The summed E-state index contributed by atoms with van der Waals surface area (Å²) in [7, 11) is -3.47. The maximum atomic E-state index is 13.0. The van der Waals surface area contributed by atoms with Gasteiger partial charge in [-0.15, -0.1) is 24.8 Å². The molecule has 3 rings (SSSR count). The fraction of sp³-hybridized carbons (Fsp3) is 0.438. The van der Waals surface area contributed by atoms with E-state index in [0.29, 0.717) is 18.0 Å². The van der Waals surface area contributed by atoms with Crippen molar-refractivity contribution in [1.82, 2.24) is 14.6 Å². The second kappa shape index (κ2) is 8.97. The molecule has 0 aliphatic carbocycles. The van der Waals surface area contributed by atoms with Gasteiger partial charge in [0.1, 0.15) is 0 Å². The van der Waals surface area contributed by atoms with Crippen LogP contribution in [0.2, 0.25) is 0 Å². The highest BCUT2D eigenvalue weighted by Crippen LogP contribution is 2.24. The van der Waals surface area contributed by atoms with Gasteiger partial charge in [0.25, 0.3) is 0 Å². The average molecular weight is 392 g/mol. The molecule has 0 saturated carbocycles. The molecule has 24 heavy (non-hydrogen) atoms. The molecule has 1 N–H and O–H groups in total. The Morgan fingerprint density at radius 1 is 1.17 bits per heavy atom. The van der Waals surface area contributed by atoms with Crippen LogP contribution in [0.1, 0.15) is 19.8 Å². The van der Waals surface area contributed by atoms with Crippen LogP contribution in [0, 0.1) is 0 Å². The van der Waals surface area contributed by atoms with E-state index in [1.54, 1.807) is 28.8 Å². The van der Waals surface area contributed by atoms with Crippen molar-refractivity contribution < 1.29 is 8.42 Å². The quantitative estimate of drug-likeness (QED) is 0.854. The highest BCUT2D eigenvalue weighted by molar-refractivity contribution is 7.89. The Bertz CT molecular complexity index is 771. The maximum Gasteiger partial charge on any atom is 0.243 e. The van der Waals surface area contributed by atoms with Crippen LogP contribution in [0.4, 0.5) is 0 Å². The van der Waals surface area contributed by atoms with Gasteiger partial charge in [-0.3, -0.25) is 4.98 Å². The molecule has 1 fully saturated rings. The molecule has 1 aromatic carbocycles. The topological polar surface area (TPSA) is 62.3 Å². The van der Waals surface area contributed by atoms with Gasteiger partial charge in [-0.1, -0.05) is 6.07 Å². The van der Waals surface area contributed by atoms with Crippen LogP contribution in [-0.4, -0.2) is 43.4 Å². The summed E-state index contributed by atoms with van der Waals surface area (Å²) >= 11 is 0. The van der Waals surface area contributed by atoms with Gasteiger partial charge in [0.15, 0.2) is 0 Å². The summed E-state index contributed by atoms with van der Waals surface area (Å²) in [5, 5.41) is 5.12. The maximum absolute atomic E-state index is 13.0. The molecule has 0 bridgehead atoms. The Morgan fingerprint density at radius 3 is 2.75 bits per heavy atom. The first kappa shape index (κ1) is 21.1. The van der Waals surface area contributed by atoms with Crippen molar-refractivity contribution in [3.63, 3.8) is 0 Å². The van der Waals surface area contributed by atoms with Crippen LogP contribution in [0.25, 0.3) is 10.8 Å². The first-order valence-corrected chi connectivity index (χ1v) is 9.09. The molecule has 134 valence electrons. The molecule has 1 atom stereocenters. The largest absolute Gasteiger partial charge is 0.315 e. The van der Waals surface area contributed by atoms with Crippen molar-refractivity contribution >= 4 is 45.6 Å². The first-order chi connectivity index (χ1) is 10.6. The van der Waals surface area contributed by atoms with E-state index < -0.39 is 10.0 Å². The van der Waals surface area contributed by atoms with Crippen molar-refractivity contribution in [3.8, 4) is 0 Å². The Labute approximate surface area is 155 Å². The molecule has 1 saturated heterocycles. The summed E-state index contributed by atoms with van der Waals surface area (Å²) < 4.78 is 27.6. The van der Waals surface area contributed by atoms with Crippen LogP contribution in [0.15, 0.2) is 41.6 Å². The number of aromatic nitrogens is 1. The van der Waals surface area contributed by atoms with Gasteiger partial charge in [0.2, 0.25) is 10.0 Å². The van der Waals surface area contributed by atoms with E-state index in [4.69, 9.17) is 0 Å². The number of rotatable bonds is 2. The molecule has 5 nitrogen and oxygen atoms in total. The molecular formula is C16H23Cl2N3O2S. The SMILES string of the molecule is CC1CCCNCCN1S(=O)(=O)c1ccc2cnccc2c1.Cl.Cl. The number of benzene rings is 1. The van der Waals surface area contributed by atoms with E-state index >= 15 is 0 Å². The number of sulfonamides is 1. The Hall–Kier alpha value is -0.920. The highest BCUT2D eigenvalue weighted by Gasteiger charge is 2.29. The minimum Gasteiger partial charge on any atom is -0.315 e. The summed E-state index contributed by atoms with van der Waals surface area (Å²) in [5.74, 6) is 0.